The summed E-state index contributed by atoms with van der Waals surface area (Å²) in [6, 6.07) is 11.0. The van der Waals surface area contributed by atoms with Gasteiger partial charge in [-0.3, -0.25) is 9.69 Å². The van der Waals surface area contributed by atoms with Crippen LogP contribution >= 0.6 is 0 Å². The second-order valence-corrected chi connectivity index (χ2v) is 12.5. The molecule has 3 aliphatic heterocycles. The Morgan fingerprint density at radius 3 is 2.34 bits per heavy atom. The van der Waals surface area contributed by atoms with Gasteiger partial charge in [-0.2, -0.15) is 4.98 Å². The molecule has 7 nitrogen and oxygen atoms in total. The molecule has 1 aromatic heterocycles. The van der Waals surface area contributed by atoms with Crippen LogP contribution in [0.1, 0.15) is 88.1 Å². The normalized spacial score (nSPS) is 23.7. The Kier molecular flexibility index (Phi) is 8.51. The van der Waals surface area contributed by atoms with Gasteiger partial charge in [-0.15, -0.1) is 0 Å². The minimum Gasteiger partial charge on any atom is -0.356 e. The molecular weight excluding hydrogens is 472 g/mol. The number of rotatable bonds is 5. The predicted octanol–water partition coefficient (Wildman–Crippen LogP) is 5.34. The van der Waals surface area contributed by atoms with Crippen molar-refractivity contribution in [2.45, 2.75) is 89.6 Å². The summed E-state index contributed by atoms with van der Waals surface area (Å²) in [5, 5.41) is 3.65. The summed E-state index contributed by atoms with van der Waals surface area (Å²) in [6.45, 7) is 12.5. The summed E-state index contributed by atoms with van der Waals surface area (Å²) in [7, 11) is 0. The molecule has 0 radical (unpaired) electrons. The van der Waals surface area contributed by atoms with Gasteiger partial charge in [0.25, 0.3) is 5.91 Å². The number of carbonyl (C=O) groups is 1. The highest BCUT2D eigenvalue weighted by Crippen LogP contribution is 2.26. The quantitative estimate of drug-likeness (QED) is 0.577. The molecule has 206 valence electrons. The molecule has 5 rings (SSSR count). The molecule has 38 heavy (non-hydrogen) atoms. The second kappa shape index (κ2) is 12.0. The Balaban J connectivity index is 1.18. The fourth-order valence-electron chi connectivity index (χ4n) is 6.27. The second-order valence-electron chi connectivity index (χ2n) is 12.5. The maximum atomic E-state index is 13.4. The van der Waals surface area contributed by atoms with Crippen LogP contribution in [-0.2, 0) is 5.41 Å². The zero-order valence-corrected chi connectivity index (χ0v) is 23.7. The number of benzene rings is 1. The van der Waals surface area contributed by atoms with E-state index >= 15 is 0 Å². The summed E-state index contributed by atoms with van der Waals surface area (Å²) in [5.41, 5.74) is 2.16. The van der Waals surface area contributed by atoms with Crippen molar-refractivity contribution in [2.75, 3.05) is 49.5 Å². The van der Waals surface area contributed by atoms with Crippen molar-refractivity contribution in [3.8, 4) is 0 Å². The smallest absolute Gasteiger partial charge is 0.253 e. The van der Waals surface area contributed by atoms with E-state index in [0.29, 0.717) is 12.1 Å². The predicted molar refractivity (Wildman–Crippen MR) is 155 cm³/mol. The molecular formula is C31H46N6O. The average Bonchev–Trinajstić information content (AvgIpc) is 3.23. The van der Waals surface area contributed by atoms with E-state index in [1.807, 2.05) is 24.4 Å². The Morgan fingerprint density at radius 1 is 0.868 bits per heavy atom. The first kappa shape index (κ1) is 26.9. The van der Waals surface area contributed by atoms with E-state index in [1.165, 1.54) is 31.2 Å². The molecule has 2 unspecified atom stereocenters. The van der Waals surface area contributed by atoms with E-state index in [9.17, 15) is 4.79 Å². The molecule has 3 fully saturated rings. The van der Waals surface area contributed by atoms with Crippen molar-refractivity contribution in [1.29, 1.82) is 0 Å². The molecule has 2 aromatic rings. The fraction of sp³-hybridized carbons (Fsp3) is 0.645. The van der Waals surface area contributed by atoms with Gasteiger partial charge in [-0.25, -0.2) is 4.98 Å². The first-order valence-corrected chi connectivity index (χ1v) is 14.9. The zero-order valence-electron chi connectivity index (χ0n) is 23.7. The highest BCUT2D eigenvalue weighted by atomic mass is 16.2. The fourth-order valence-corrected chi connectivity index (χ4v) is 6.27. The zero-order chi connectivity index (χ0) is 26.5. The van der Waals surface area contributed by atoms with Gasteiger partial charge >= 0.3 is 0 Å². The lowest BCUT2D eigenvalue weighted by Gasteiger charge is -2.43. The van der Waals surface area contributed by atoms with Gasteiger partial charge < -0.3 is 15.1 Å². The number of hydrogen-bond acceptors (Lipinski definition) is 6. The van der Waals surface area contributed by atoms with Crippen molar-refractivity contribution in [1.82, 2.24) is 19.8 Å². The Hall–Kier alpha value is -2.67. The van der Waals surface area contributed by atoms with Gasteiger partial charge in [0.15, 0.2) is 0 Å². The van der Waals surface area contributed by atoms with E-state index in [4.69, 9.17) is 4.98 Å². The van der Waals surface area contributed by atoms with Gasteiger partial charge in [0, 0.05) is 56.6 Å². The number of carbonyl (C=O) groups excluding carboxylic acids is 1. The van der Waals surface area contributed by atoms with Crippen LogP contribution in [-0.4, -0.2) is 77.0 Å². The van der Waals surface area contributed by atoms with E-state index in [2.05, 4.69) is 57.9 Å². The van der Waals surface area contributed by atoms with E-state index in [-0.39, 0.29) is 11.3 Å². The first-order valence-electron chi connectivity index (χ1n) is 14.9. The van der Waals surface area contributed by atoms with Crippen molar-refractivity contribution in [3.05, 3.63) is 47.7 Å². The summed E-state index contributed by atoms with van der Waals surface area (Å²) >= 11 is 0. The maximum absolute atomic E-state index is 13.4. The molecule has 7 heteroatoms. The minimum absolute atomic E-state index is 0.0932. The first-order chi connectivity index (χ1) is 18.4. The van der Waals surface area contributed by atoms with Crippen LogP contribution in [0, 0.1) is 0 Å². The van der Waals surface area contributed by atoms with Gasteiger partial charge in [-0.05, 0) is 74.2 Å². The third-order valence-corrected chi connectivity index (χ3v) is 8.55. The number of nitrogens with one attached hydrogen (secondary N) is 1. The highest BCUT2D eigenvalue weighted by Gasteiger charge is 2.32. The number of anilines is 2. The molecule has 1 amide bonds. The van der Waals surface area contributed by atoms with E-state index in [1.54, 1.807) is 0 Å². The molecule has 3 saturated heterocycles. The third-order valence-electron chi connectivity index (χ3n) is 8.55. The molecule has 1 N–H and O–H groups in total. The molecule has 0 spiro atoms. The van der Waals surface area contributed by atoms with Crippen molar-refractivity contribution in [3.63, 3.8) is 0 Å². The lowest BCUT2D eigenvalue weighted by atomic mass is 9.86. The lowest BCUT2D eigenvalue weighted by molar-refractivity contribution is 0.0526. The third kappa shape index (κ3) is 6.66. The number of piperidine rings is 2. The highest BCUT2D eigenvalue weighted by molar-refractivity contribution is 5.94. The summed E-state index contributed by atoms with van der Waals surface area (Å²) in [4.78, 5) is 29.9. The molecule has 2 atom stereocenters. The Bertz CT molecular complexity index is 1060. The van der Waals surface area contributed by atoms with E-state index in [0.717, 1.165) is 82.3 Å². The topological polar surface area (TPSA) is 64.6 Å². The van der Waals surface area contributed by atoms with E-state index < -0.39 is 0 Å². The number of likely N-dealkylation sites (tertiary alicyclic amines) is 2. The van der Waals surface area contributed by atoms with Crippen LogP contribution in [0.4, 0.5) is 11.8 Å². The van der Waals surface area contributed by atoms with Crippen LogP contribution in [0.5, 0.6) is 0 Å². The van der Waals surface area contributed by atoms with Crippen molar-refractivity contribution < 1.29 is 4.79 Å². The molecule has 1 aromatic carbocycles. The van der Waals surface area contributed by atoms with Crippen molar-refractivity contribution >= 4 is 17.7 Å². The Morgan fingerprint density at radius 2 is 1.61 bits per heavy atom. The molecule has 0 bridgehead atoms. The van der Waals surface area contributed by atoms with Crippen molar-refractivity contribution in [2.24, 2.45) is 0 Å². The van der Waals surface area contributed by atoms with Crippen LogP contribution in [0.2, 0.25) is 0 Å². The van der Waals surface area contributed by atoms with Crippen LogP contribution in [0.15, 0.2) is 36.5 Å². The van der Waals surface area contributed by atoms with Gasteiger partial charge in [-0.1, -0.05) is 45.7 Å². The Labute approximate surface area is 229 Å². The van der Waals surface area contributed by atoms with Crippen LogP contribution in [0.3, 0.4) is 0 Å². The number of hydrogen-bond donors (Lipinski definition) is 1. The van der Waals surface area contributed by atoms with Crippen LogP contribution in [0.25, 0.3) is 0 Å². The van der Waals surface area contributed by atoms with Gasteiger partial charge in [0.05, 0.1) is 0 Å². The number of amides is 1. The summed E-state index contributed by atoms with van der Waals surface area (Å²) in [5.74, 6) is 1.97. The molecule has 4 heterocycles. The number of aromatic nitrogens is 2. The van der Waals surface area contributed by atoms with Gasteiger partial charge in [0.2, 0.25) is 5.95 Å². The van der Waals surface area contributed by atoms with Gasteiger partial charge in [0.1, 0.15) is 5.82 Å². The summed E-state index contributed by atoms with van der Waals surface area (Å²) in [6.07, 6.45) is 11.5. The molecule has 0 aliphatic carbocycles. The number of nitrogens with zero attached hydrogens (tertiary/aromatic N) is 5. The molecule has 0 saturated carbocycles. The lowest BCUT2D eigenvalue weighted by Crippen LogP contribution is -2.54. The SMILES string of the molecule is CC(C)(C)c1ccc(C(=O)N2CCCC(N3CCCC(Nc4nccc(N5CCCCCC5)n4)C3)C2)cc1. The van der Waals surface area contributed by atoms with Crippen LogP contribution < -0.4 is 10.2 Å². The largest absolute Gasteiger partial charge is 0.356 e. The molecule has 3 aliphatic rings. The monoisotopic (exact) mass is 518 g/mol. The minimum atomic E-state index is 0.0932. The average molecular weight is 519 g/mol. The standard InChI is InChI=1S/C31H46N6O/c1-31(2,3)25-14-12-24(13-15-25)29(38)37-21-9-11-27(23-37)36-20-8-10-26(22-36)33-30-32-17-16-28(34-30)35-18-6-4-5-7-19-35/h12-17,26-27H,4-11,18-23H2,1-3H3,(H,32,33,34). The maximum Gasteiger partial charge on any atom is 0.253 e. The summed E-state index contributed by atoms with van der Waals surface area (Å²) < 4.78 is 0.